The smallest absolute Gasteiger partial charge is 0.312 e. The molecule has 0 atom stereocenters. The van der Waals surface area contributed by atoms with Gasteiger partial charge in [-0.3, -0.25) is 38.9 Å². The number of rotatable bonds is 19. The number of hydrogen-bond acceptors (Lipinski definition) is 13. The van der Waals surface area contributed by atoms with Crippen molar-refractivity contribution in [2.45, 2.75) is 81.3 Å². The number of furan rings is 3. The average molecular weight is 1100 g/mol. The molecule has 4 N–H and O–H groups in total. The van der Waals surface area contributed by atoms with E-state index in [4.69, 9.17) is 24.1 Å². The van der Waals surface area contributed by atoms with E-state index in [0.29, 0.717) is 62.0 Å². The molecule has 0 saturated heterocycles. The lowest BCUT2D eigenvalue weighted by Crippen LogP contribution is -2.41. The Morgan fingerprint density at radius 1 is 0.531 bits per heavy atom. The molecule has 17 nitrogen and oxygen atoms in total. The van der Waals surface area contributed by atoms with Crippen LogP contribution >= 0.6 is 0 Å². The van der Waals surface area contributed by atoms with Gasteiger partial charge in [-0.25, -0.2) is 0 Å². The van der Waals surface area contributed by atoms with Gasteiger partial charge in [0.2, 0.25) is 17.7 Å². The highest BCUT2D eigenvalue weighted by Crippen LogP contribution is 2.23. The van der Waals surface area contributed by atoms with Crippen molar-refractivity contribution in [3.8, 4) is 0 Å². The van der Waals surface area contributed by atoms with Gasteiger partial charge in [0.15, 0.2) is 0 Å². The van der Waals surface area contributed by atoms with Crippen LogP contribution in [-0.2, 0) is 32.3 Å². The van der Waals surface area contributed by atoms with E-state index >= 15 is 0 Å². The highest BCUT2D eigenvalue weighted by Gasteiger charge is 2.24. The number of benzene rings is 3. The minimum Gasteiger partial charge on any atom is -0.481 e. The number of aliphatic carboxylic acids is 1. The number of carboxylic acid groups (broad SMARTS) is 1. The first-order valence-electron chi connectivity index (χ1n) is 27.0. The Balaban J connectivity index is 0.000000203. The van der Waals surface area contributed by atoms with Crippen molar-refractivity contribution < 1.29 is 42.3 Å². The van der Waals surface area contributed by atoms with Gasteiger partial charge in [-0.15, -0.1) is 0 Å². The fraction of sp³-hybridized carbons (Fsp3) is 0.312. The van der Waals surface area contributed by atoms with Crippen LogP contribution in [0.25, 0.3) is 32.9 Å². The molecule has 0 radical (unpaired) electrons. The second-order valence-electron chi connectivity index (χ2n) is 20.9. The number of carbonyl (C=O) groups excluding carboxylic acids is 4. The van der Waals surface area contributed by atoms with E-state index in [0.717, 1.165) is 68.4 Å². The minimum atomic E-state index is -1.06. The Morgan fingerprint density at radius 2 is 0.951 bits per heavy atom. The van der Waals surface area contributed by atoms with E-state index in [1.165, 1.54) is 5.56 Å². The summed E-state index contributed by atoms with van der Waals surface area (Å²) in [4.78, 5) is 75.6. The summed E-state index contributed by atoms with van der Waals surface area (Å²) in [7, 11) is 0. The Bertz CT molecular complexity index is 3300. The second-order valence-corrected chi connectivity index (χ2v) is 20.9. The van der Waals surface area contributed by atoms with Crippen molar-refractivity contribution >= 4 is 79.9 Å². The number of nitrogen functional groups attached to an aromatic ring is 1. The predicted octanol–water partition coefficient (Wildman–Crippen LogP) is 12.8. The molecule has 9 aromatic rings. The molecule has 17 heteroatoms. The maximum Gasteiger partial charge on any atom is 0.312 e. The minimum absolute atomic E-state index is 0.128. The molecule has 0 spiro atoms. The SMILES string of the molecule is CC(C)CN(CC(C)C)C(=O)CC(=O)N(Cc1ccc2occc2c1)c1ccncc1.CC(C)CN(CC(C)C)C(=O)CC(=O)O.Nc1ccncc1.O=Cc1ccc2occc2c1.c1cc(NCc2ccc3occc3c2)ccn1. The van der Waals surface area contributed by atoms with E-state index in [-0.39, 0.29) is 24.1 Å². The van der Waals surface area contributed by atoms with Gasteiger partial charge in [-0.2, -0.15) is 0 Å². The van der Waals surface area contributed by atoms with Gasteiger partial charge in [0.25, 0.3) is 0 Å². The third-order valence-corrected chi connectivity index (χ3v) is 11.8. The van der Waals surface area contributed by atoms with Crippen molar-refractivity contribution in [3.63, 3.8) is 0 Å². The predicted molar refractivity (Wildman–Crippen MR) is 319 cm³/mol. The van der Waals surface area contributed by atoms with Gasteiger partial charge < -0.3 is 44.1 Å². The van der Waals surface area contributed by atoms with Crippen LogP contribution in [0.3, 0.4) is 0 Å². The van der Waals surface area contributed by atoms with Crippen molar-refractivity contribution in [2.75, 3.05) is 42.1 Å². The zero-order valence-corrected chi connectivity index (χ0v) is 47.6. The van der Waals surface area contributed by atoms with Crippen molar-refractivity contribution in [3.05, 3.63) is 182 Å². The fourth-order valence-electron chi connectivity index (χ4n) is 8.26. The topological polar surface area (TPSA) is 231 Å². The number of fused-ring (bicyclic) bond motifs is 3. The van der Waals surface area contributed by atoms with E-state index in [1.54, 1.807) is 108 Å². The summed E-state index contributed by atoms with van der Waals surface area (Å²) in [5, 5.41) is 15.0. The molecule has 426 valence electrons. The number of carboxylic acids is 1. The molecular weight excluding hydrogens is 1020 g/mol. The maximum absolute atomic E-state index is 13.3. The van der Waals surface area contributed by atoms with Gasteiger partial charge >= 0.3 is 5.97 Å². The normalized spacial score (nSPS) is 10.7. The molecule has 6 heterocycles. The van der Waals surface area contributed by atoms with Crippen LogP contribution in [0.4, 0.5) is 17.1 Å². The van der Waals surface area contributed by atoms with E-state index in [1.807, 2.05) is 87.2 Å². The number of carbonyl (C=O) groups is 5. The monoisotopic (exact) mass is 1100 g/mol. The Hall–Kier alpha value is -9.12. The van der Waals surface area contributed by atoms with Crippen LogP contribution in [0.2, 0.25) is 0 Å². The van der Waals surface area contributed by atoms with Gasteiger partial charge in [0, 0.05) is 109 Å². The molecule has 6 aromatic heterocycles. The number of pyridine rings is 3. The first-order valence-corrected chi connectivity index (χ1v) is 27.0. The summed E-state index contributed by atoms with van der Waals surface area (Å²) in [6.45, 7) is 20.1. The summed E-state index contributed by atoms with van der Waals surface area (Å²) in [5.74, 6) is -0.283. The zero-order valence-electron chi connectivity index (χ0n) is 47.6. The lowest BCUT2D eigenvalue weighted by molar-refractivity contribution is -0.145. The lowest BCUT2D eigenvalue weighted by Gasteiger charge is -2.28. The first-order chi connectivity index (χ1) is 38.9. The number of aldehydes is 1. The summed E-state index contributed by atoms with van der Waals surface area (Å²) in [6.07, 6.45) is 15.4. The standard InChI is InChI=1S/C25H31N3O3.C14H12N2O.C11H21NO3.C9H6O2.C5H6N2/c1-18(2)15-27(16-19(3)4)24(29)14-25(30)28(22-7-10-26-11-8-22)17-20-5-6-23-21(13-20)9-12-31-23;1-2-14-12(5-8-17-14)9-11(1)10-16-13-3-6-15-7-4-13;1-8(2)6-12(7-9(3)4)10(13)5-11(14)15;10-6-7-1-2-9-8(5-7)3-4-11-9;6-5-1-3-7-4-2-5/h5-13,18-19H,14-17H2,1-4H3;1-9H,10H2,(H,15,16);8-9H,5-7H2,1-4H3,(H,14,15);1-6H;1-4H,(H2,6,7). The summed E-state index contributed by atoms with van der Waals surface area (Å²) >= 11 is 0. The van der Waals surface area contributed by atoms with Crippen molar-refractivity contribution in [2.24, 2.45) is 23.7 Å². The molecule has 9 rings (SSSR count). The molecule has 3 aromatic carbocycles. The summed E-state index contributed by atoms with van der Waals surface area (Å²) < 4.78 is 15.8. The van der Waals surface area contributed by atoms with E-state index in [2.05, 4.69) is 60.1 Å². The molecule has 81 heavy (non-hydrogen) atoms. The summed E-state index contributed by atoms with van der Waals surface area (Å²) in [6, 6.07) is 34.1. The molecule has 0 saturated carbocycles. The molecule has 0 aliphatic heterocycles. The molecular formula is C64H76N8O9. The molecule has 3 amide bonds. The number of anilines is 3. The highest BCUT2D eigenvalue weighted by molar-refractivity contribution is 6.05. The largest absolute Gasteiger partial charge is 0.481 e. The number of nitrogens with one attached hydrogen (secondary N) is 1. The highest BCUT2D eigenvalue weighted by atomic mass is 16.4. The van der Waals surface area contributed by atoms with Crippen molar-refractivity contribution in [1.82, 2.24) is 24.8 Å². The zero-order chi connectivity index (χ0) is 58.7. The average Bonchev–Trinajstić information content (AvgIpc) is 4.26. The summed E-state index contributed by atoms with van der Waals surface area (Å²) in [5.41, 5.74) is 13.3. The van der Waals surface area contributed by atoms with Crippen LogP contribution in [0, 0.1) is 23.7 Å². The molecule has 0 fully saturated rings. The van der Waals surface area contributed by atoms with Gasteiger partial charge in [-0.1, -0.05) is 67.5 Å². The second kappa shape index (κ2) is 32.7. The van der Waals surface area contributed by atoms with Gasteiger partial charge in [-0.05, 0) is 132 Å². The van der Waals surface area contributed by atoms with Crippen LogP contribution < -0.4 is 16.0 Å². The molecule has 0 aliphatic carbocycles. The molecule has 0 aliphatic rings. The number of aromatic nitrogens is 3. The Labute approximate surface area is 474 Å². The number of nitrogens with two attached hydrogens (primary N) is 1. The van der Waals surface area contributed by atoms with Gasteiger partial charge in [0.05, 0.1) is 25.3 Å². The van der Waals surface area contributed by atoms with Crippen LogP contribution in [0.15, 0.2) is 178 Å². The van der Waals surface area contributed by atoms with Gasteiger partial charge in [0.1, 0.15) is 35.9 Å². The number of amides is 3. The van der Waals surface area contributed by atoms with Crippen LogP contribution in [-0.4, -0.2) is 86.0 Å². The number of nitrogens with zero attached hydrogens (tertiary/aromatic N) is 6. The fourth-order valence-corrected chi connectivity index (χ4v) is 8.26. The molecule has 0 bridgehead atoms. The quantitative estimate of drug-likeness (QED) is 0.0505. The van der Waals surface area contributed by atoms with Crippen LogP contribution in [0.1, 0.15) is 89.7 Å². The maximum atomic E-state index is 13.3. The van der Waals surface area contributed by atoms with Crippen LogP contribution in [0.5, 0.6) is 0 Å². The molecule has 0 unspecified atom stereocenters. The van der Waals surface area contributed by atoms with E-state index < -0.39 is 12.4 Å². The third kappa shape index (κ3) is 22.3. The first kappa shape index (κ1) is 62.7. The Kier molecular flexibility index (Phi) is 25.3. The van der Waals surface area contributed by atoms with Crippen molar-refractivity contribution in [1.29, 1.82) is 0 Å². The third-order valence-electron chi connectivity index (χ3n) is 11.8. The lowest BCUT2D eigenvalue weighted by atomic mass is 10.1. The Morgan fingerprint density at radius 3 is 1.40 bits per heavy atom. The number of hydrogen-bond donors (Lipinski definition) is 3. The van der Waals surface area contributed by atoms with E-state index in [9.17, 15) is 24.0 Å².